The van der Waals surface area contributed by atoms with Gasteiger partial charge in [-0.05, 0) is 34.6 Å². The summed E-state index contributed by atoms with van der Waals surface area (Å²) >= 11 is 0. The molecule has 0 bridgehead atoms. The Balaban J connectivity index is 1.76. The Morgan fingerprint density at radius 2 is 2.19 bits per heavy atom. The Labute approximate surface area is 126 Å². The number of carbonyl (C=O) groups is 1. The van der Waals surface area contributed by atoms with Gasteiger partial charge in [0, 0.05) is 43.5 Å². The van der Waals surface area contributed by atoms with Crippen molar-refractivity contribution in [3.8, 4) is 0 Å². The molecule has 0 radical (unpaired) electrons. The highest BCUT2D eigenvalue weighted by atomic mass is 16.6. The summed E-state index contributed by atoms with van der Waals surface area (Å²) in [4.78, 5) is 13.6. The van der Waals surface area contributed by atoms with E-state index in [9.17, 15) is 4.79 Å². The average molecular weight is 294 g/mol. The number of hydrogen-bond donors (Lipinski definition) is 1. The Morgan fingerprint density at radius 3 is 2.71 bits per heavy atom. The van der Waals surface area contributed by atoms with Crippen LogP contribution in [0, 0.1) is 0 Å². The van der Waals surface area contributed by atoms with Crippen LogP contribution in [0.1, 0.15) is 46.2 Å². The van der Waals surface area contributed by atoms with Crippen molar-refractivity contribution in [3.63, 3.8) is 0 Å². The standard InChI is InChI=1S/C15H26N4O2/c1-6-19-8-12(7-16-19)11(2)17-13-9-18(10-13)14(20)21-15(3,4)5/h7-8,11,13,17H,6,9-10H2,1-5H3. The molecule has 6 nitrogen and oxygen atoms in total. The van der Waals surface area contributed by atoms with E-state index in [1.165, 1.54) is 5.56 Å². The number of amides is 1. The van der Waals surface area contributed by atoms with E-state index in [1.54, 1.807) is 4.90 Å². The van der Waals surface area contributed by atoms with E-state index in [1.807, 2.05) is 31.6 Å². The summed E-state index contributed by atoms with van der Waals surface area (Å²) in [6.07, 6.45) is 3.72. The van der Waals surface area contributed by atoms with Gasteiger partial charge in [0.15, 0.2) is 0 Å². The maximum absolute atomic E-state index is 11.8. The Kier molecular flexibility index (Phi) is 4.56. The van der Waals surface area contributed by atoms with Gasteiger partial charge in [-0.1, -0.05) is 0 Å². The molecule has 1 unspecified atom stereocenters. The van der Waals surface area contributed by atoms with Crippen LogP contribution in [0.4, 0.5) is 4.79 Å². The summed E-state index contributed by atoms with van der Waals surface area (Å²) in [5.74, 6) is 0. The minimum absolute atomic E-state index is 0.230. The third-order valence-corrected chi connectivity index (χ3v) is 3.50. The molecule has 118 valence electrons. The lowest BCUT2D eigenvalue weighted by Crippen LogP contribution is -2.60. The fourth-order valence-corrected chi connectivity index (χ4v) is 2.29. The highest BCUT2D eigenvalue weighted by Crippen LogP contribution is 2.18. The molecule has 0 aromatic carbocycles. The van der Waals surface area contributed by atoms with Crippen LogP contribution in [0.25, 0.3) is 0 Å². The van der Waals surface area contributed by atoms with Gasteiger partial charge in [-0.25, -0.2) is 4.79 Å². The quantitative estimate of drug-likeness (QED) is 0.924. The van der Waals surface area contributed by atoms with Crippen molar-refractivity contribution >= 4 is 6.09 Å². The maximum atomic E-state index is 11.8. The predicted molar refractivity (Wildman–Crippen MR) is 81.0 cm³/mol. The SMILES string of the molecule is CCn1cc(C(C)NC2CN(C(=O)OC(C)(C)C)C2)cn1. The molecular weight excluding hydrogens is 268 g/mol. The van der Waals surface area contributed by atoms with Crippen LogP contribution >= 0.6 is 0 Å². The molecule has 21 heavy (non-hydrogen) atoms. The molecule has 1 fully saturated rings. The third kappa shape index (κ3) is 4.20. The van der Waals surface area contributed by atoms with E-state index < -0.39 is 5.60 Å². The van der Waals surface area contributed by atoms with Gasteiger partial charge in [-0.3, -0.25) is 4.68 Å². The molecule has 6 heteroatoms. The number of nitrogens with one attached hydrogen (secondary N) is 1. The highest BCUT2D eigenvalue weighted by molar-refractivity contribution is 5.69. The Morgan fingerprint density at radius 1 is 1.52 bits per heavy atom. The van der Waals surface area contributed by atoms with Crippen molar-refractivity contribution < 1.29 is 9.53 Å². The molecule has 1 N–H and O–H groups in total. The number of aryl methyl sites for hydroxylation is 1. The number of nitrogens with zero attached hydrogens (tertiary/aromatic N) is 3. The van der Waals surface area contributed by atoms with Crippen LogP contribution in [0.5, 0.6) is 0 Å². The van der Waals surface area contributed by atoms with Gasteiger partial charge in [0.25, 0.3) is 0 Å². The minimum atomic E-state index is -0.433. The lowest BCUT2D eigenvalue weighted by atomic mass is 10.1. The van der Waals surface area contributed by atoms with Crippen LogP contribution in [0.2, 0.25) is 0 Å². The first kappa shape index (κ1) is 15.8. The molecule has 1 saturated heterocycles. The summed E-state index contributed by atoms with van der Waals surface area (Å²) in [7, 11) is 0. The van der Waals surface area contributed by atoms with Gasteiger partial charge in [-0.15, -0.1) is 0 Å². The molecule has 1 aromatic heterocycles. The maximum Gasteiger partial charge on any atom is 0.410 e. The third-order valence-electron chi connectivity index (χ3n) is 3.50. The Bertz CT molecular complexity index is 486. The zero-order chi connectivity index (χ0) is 15.6. The van der Waals surface area contributed by atoms with Gasteiger partial charge >= 0.3 is 6.09 Å². The minimum Gasteiger partial charge on any atom is -0.444 e. The predicted octanol–water partition coefficient (Wildman–Crippen LogP) is 2.17. The van der Waals surface area contributed by atoms with E-state index in [0.29, 0.717) is 19.1 Å². The first-order valence-electron chi connectivity index (χ1n) is 7.55. The number of aromatic nitrogens is 2. The van der Waals surface area contributed by atoms with E-state index in [-0.39, 0.29) is 12.1 Å². The van der Waals surface area contributed by atoms with Gasteiger partial charge < -0.3 is 15.0 Å². The number of hydrogen-bond acceptors (Lipinski definition) is 4. The number of rotatable bonds is 4. The summed E-state index contributed by atoms with van der Waals surface area (Å²) in [6, 6.07) is 0.550. The van der Waals surface area contributed by atoms with E-state index in [0.717, 1.165) is 6.54 Å². The van der Waals surface area contributed by atoms with Crippen LogP contribution in [0.3, 0.4) is 0 Å². The van der Waals surface area contributed by atoms with Gasteiger partial charge in [0.1, 0.15) is 5.60 Å². The topological polar surface area (TPSA) is 59.4 Å². The zero-order valence-electron chi connectivity index (χ0n) is 13.6. The summed E-state index contributed by atoms with van der Waals surface area (Å²) < 4.78 is 7.26. The first-order chi connectivity index (χ1) is 9.78. The molecular formula is C15H26N4O2. The van der Waals surface area contributed by atoms with E-state index in [2.05, 4.69) is 30.5 Å². The normalized spacial score (nSPS) is 17.5. The lowest BCUT2D eigenvalue weighted by Gasteiger charge is -2.41. The molecule has 0 saturated carbocycles. The number of likely N-dealkylation sites (tertiary alicyclic amines) is 1. The number of carbonyl (C=O) groups excluding carboxylic acids is 1. The van der Waals surface area contributed by atoms with Crippen molar-refractivity contribution in [3.05, 3.63) is 18.0 Å². The summed E-state index contributed by atoms with van der Waals surface area (Å²) in [6.45, 7) is 12.1. The van der Waals surface area contributed by atoms with Crippen molar-refractivity contribution in [2.45, 2.75) is 58.8 Å². The molecule has 1 amide bonds. The fraction of sp³-hybridized carbons (Fsp3) is 0.733. The van der Waals surface area contributed by atoms with Crippen molar-refractivity contribution in [1.29, 1.82) is 0 Å². The van der Waals surface area contributed by atoms with Crippen LogP contribution in [-0.4, -0.2) is 45.5 Å². The smallest absolute Gasteiger partial charge is 0.410 e. The Hall–Kier alpha value is -1.56. The van der Waals surface area contributed by atoms with Crippen LogP contribution < -0.4 is 5.32 Å². The lowest BCUT2D eigenvalue weighted by molar-refractivity contribution is 0.00434. The van der Waals surface area contributed by atoms with Crippen LogP contribution in [-0.2, 0) is 11.3 Å². The molecule has 1 aliphatic heterocycles. The largest absolute Gasteiger partial charge is 0.444 e. The fourth-order valence-electron chi connectivity index (χ4n) is 2.29. The monoisotopic (exact) mass is 294 g/mol. The first-order valence-corrected chi connectivity index (χ1v) is 7.55. The summed E-state index contributed by atoms with van der Waals surface area (Å²) in [5.41, 5.74) is 0.741. The molecule has 1 aromatic rings. The molecule has 2 rings (SSSR count). The van der Waals surface area contributed by atoms with E-state index in [4.69, 9.17) is 4.74 Å². The molecule has 1 aliphatic rings. The van der Waals surface area contributed by atoms with Crippen molar-refractivity contribution in [2.75, 3.05) is 13.1 Å². The second-order valence-corrected chi connectivity index (χ2v) is 6.60. The summed E-state index contributed by atoms with van der Waals surface area (Å²) in [5, 5.41) is 7.80. The van der Waals surface area contributed by atoms with Crippen molar-refractivity contribution in [1.82, 2.24) is 20.0 Å². The van der Waals surface area contributed by atoms with Gasteiger partial charge in [0.05, 0.1) is 6.20 Å². The average Bonchev–Trinajstić information content (AvgIpc) is 2.79. The van der Waals surface area contributed by atoms with E-state index >= 15 is 0 Å². The number of ether oxygens (including phenoxy) is 1. The molecule has 2 heterocycles. The van der Waals surface area contributed by atoms with Gasteiger partial charge in [0.2, 0.25) is 0 Å². The second kappa shape index (κ2) is 6.05. The molecule has 0 spiro atoms. The van der Waals surface area contributed by atoms with Crippen LogP contribution in [0.15, 0.2) is 12.4 Å². The highest BCUT2D eigenvalue weighted by Gasteiger charge is 2.34. The molecule has 1 atom stereocenters. The molecule has 0 aliphatic carbocycles. The zero-order valence-corrected chi connectivity index (χ0v) is 13.6. The van der Waals surface area contributed by atoms with Crippen molar-refractivity contribution in [2.24, 2.45) is 0 Å². The van der Waals surface area contributed by atoms with Gasteiger partial charge in [-0.2, -0.15) is 5.10 Å². The second-order valence-electron chi connectivity index (χ2n) is 6.60.